The third kappa shape index (κ3) is 6.60. The average molecular weight is 668 g/mol. The van der Waals surface area contributed by atoms with E-state index in [1.807, 2.05) is 0 Å². The van der Waals surface area contributed by atoms with Crippen LogP contribution in [0.4, 0.5) is 11.8 Å². The smallest absolute Gasteiger partial charge is 0.387 e. The van der Waals surface area contributed by atoms with Crippen LogP contribution in [0, 0.1) is 0 Å². The molecule has 11 N–H and O–H groups in total. The van der Waals surface area contributed by atoms with Crippen LogP contribution in [0.5, 0.6) is 0 Å². The molecule has 0 saturated carbocycles. The molecule has 0 amide bonds. The minimum Gasteiger partial charge on any atom is -0.387 e. The van der Waals surface area contributed by atoms with E-state index in [0.29, 0.717) is 0 Å². The van der Waals surface area contributed by atoms with Crippen molar-refractivity contribution in [3.63, 3.8) is 0 Å². The second kappa shape index (κ2) is 12.0. The Balaban J connectivity index is 1.32. The first-order valence-electron chi connectivity index (χ1n) is 12.3. The maximum Gasteiger partial charge on any atom is 0.472 e. The van der Waals surface area contributed by atoms with Crippen molar-refractivity contribution in [2.45, 2.75) is 49.1 Å². The summed E-state index contributed by atoms with van der Waals surface area (Å²) in [6.45, 7) is -1.86. The number of imidazole rings is 1. The monoisotopic (exact) mass is 668 g/mol. The predicted molar refractivity (Wildman–Crippen MR) is 140 cm³/mol. The molecule has 0 spiro atoms. The molecule has 2 aliphatic rings. The van der Waals surface area contributed by atoms with Crippen molar-refractivity contribution < 1.29 is 62.2 Å². The molecule has 2 fully saturated rings. The summed E-state index contributed by atoms with van der Waals surface area (Å²) in [6, 6.07) is 1.23. The maximum atomic E-state index is 12.9. The molecule has 25 heteroatoms. The van der Waals surface area contributed by atoms with Gasteiger partial charge in [-0.15, -0.1) is 0 Å². The van der Waals surface area contributed by atoms with Crippen LogP contribution in [0.3, 0.4) is 0 Å². The van der Waals surface area contributed by atoms with Gasteiger partial charge in [-0.2, -0.15) is 9.97 Å². The van der Waals surface area contributed by atoms with Gasteiger partial charge in [0.25, 0.3) is 5.56 Å². The third-order valence-electron chi connectivity index (χ3n) is 6.56. The van der Waals surface area contributed by atoms with Crippen LogP contribution in [-0.2, 0) is 32.2 Å². The normalized spacial score (nSPS) is 30.6. The Kier molecular flexibility index (Phi) is 8.78. The number of aromatic amines is 1. The number of anilines is 2. The summed E-state index contributed by atoms with van der Waals surface area (Å²) < 4.78 is 51.6. The number of rotatable bonds is 10. The number of H-pyrrole nitrogens is 1. The first kappa shape index (κ1) is 32.2. The Morgan fingerprint density at radius 2 is 1.59 bits per heavy atom. The number of hydrogen-bond acceptors (Lipinski definition) is 17. The van der Waals surface area contributed by atoms with E-state index in [0.717, 1.165) is 21.7 Å². The van der Waals surface area contributed by atoms with E-state index < -0.39 is 89.2 Å². The van der Waals surface area contributed by atoms with Crippen molar-refractivity contribution in [3.05, 3.63) is 39.4 Å². The van der Waals surface area contributed by atoms with Gasteiger partial charge < -0.3 is 50.9 Å². The number of aliphatic hydroxyl groups is 3. The number of nitrogen functional groups attached to an aromatic ring is 2. The van der Waals surface area contributed by atoms with Crippen LogP contribution < -0.4 is 22.7 Å². The largest absolute Gasteiger partial charge is 0.472 e. The summed E-state index contributed by atoms with van der Waals surface area (Å²) in [6.07, 6.45) is -11.2. The highest BCUT2D eigenvalue weighted by molar-refractivity contribution is 7.47. The van der Waals surface area contributed by atoms with Crippen LogP contribution >= 0.6 is 15.6 Å². The molecule has 0 aromatic carbocycles. The van der Waals surface area contributed by atoms with Crippen LogP contribution in [-0.4, -0.2) is 109 Å². The first-order valence-corrected chi connectivity index (χ1v) is 15.3. The standard InChI is InChI=1S/C19H26N8O15P2/c20-8-1-2-26(19(32)23-8)16-11(29)10(28)6(40-16)3-39-44(36,37)42-13-7(4-38-43(33,34)35)41-17(12(13)30)27-5-22-9-14(27)24-18(21)25-15(9)31/h1-2,5-7,10-13,16-17,28-30H,3-4H2,(H,36,37)(H2,20,23,32)(H2,33,34,35)(H3,21,24,25,31). The highest BCUT2D eigenvalue weighted by Gasteiger charge is 2.51. The second-order valence-corrected chi connectivity index (χ2v) is 12.2. The zero-order valence-electron chi connectivity index (χ0n) is 21.9. The molecule has 242 valence electrons. The summed E-state index contributed by atoms with van der Waals surface area (Å²) in [7, 11) is -10.3. The molecule has 0 radical (unpaired) electrons. The Morgan fingerprint density at radius 1 is 0.932 bits per heavy atom. The fourth-order valence-electron chi connectivity index (χ4n) is 4.58. The molecule has 0 aliphatic carbocycles. The number of nitrogens with one attached hydrogen (secondary N) is 1. The number of hydrogen-bond donors (Lipinski definition) is 9. The number of nitrogens with zero attached hydrogens (tertiary/aromatic N) is 5. The van der Waals surface area contributed by atoms with Crippen LogP contribution in [0.2, 0.25) is 0 Å². The summed E-state index contributed by atoms with van der Waals surface area (Å²) in [5, 5.41) is 31.8. The average Bonchev–Trinajstić information content (AvgIpc) is 3.56. The Bertz CT molecular complexity index is 1740. The lowest BCUT2D eigenvalue weighted by molar-refractivity contribution is -0.0607. The quantitative estimate of drug-likeness (QED) is 0.0930. The van der Waals surface area contributed by atoms with Crippen molar-refractivity contribution in [2.75, 3.05) is 24.7 Å². The van der Waals surface area contributed by atoms with Crippen molar-refractivity contribution in [2.24, 2.45) is 0 Å². The van der Waals surface area contributed by atoms with E-state index in [1.54, 1.807) is 0 Å². The second-order valence-electron chi connectivity index (χ2n) is 9.54. The fourth-order valence-corrected chi connectivity index (χ4v) is 5.89. The van der Waals surface area contributed by atoms with E-state index >= 15 is 0 Å². The third-order valence-corrected chi connectivity index (χ3v) is 8.03. The Labute approximate surface area is 243 Å². The van der Waals surface area contributed by atoms with Gasteiger partial charge in [-0.1, -0.05) is 0 Å². The van der Waals surface area contributed by atoms with Crippen LogP contribution in [0.25, 0.3) is 11.2 Å². The van der Waals surface area contributed by atoms with Crippen molar-refractivity contribution in [1.82, 2.24) is 29.1 Å². The van der Waals surface area contributed by atoms with E-state index in [1.165, 1.54) is 6.07 Å². The topological polar surface area (TPSA) is 352 Å². The summed E-state index contributed by atoms with van der Waals surface area (Å²) in [5.41, 5.74) is 8.98. The highest BCUT2D eigenvalue weighted by atomic mass is 31.2. The zero-order valence-corrected chi connectivity index (χ0v) is 23.7. The fraction of sp³-hybridized carbons (Fsp3) is 0.526. The van der Waals surface area contributed by atoms with Crippen molar-refractivity contribution in [1.29, 1.82) is 0 Å². The number of aliphatic hydroxyl groups excluding tert-OH is 3. The molecular weight excluding hydrogens is 642 g/mol. The van der Waals surface area contributed by atoms with Crippen molar-refractivity contribution in [3.8, 4) is 0 Å². The molecule has 3 aromatic rings. The Hall–Kier alpha value is -3.15. The van der Waals surface area contributed by atoms with E-state index in [2.05, 4.69) is 24.5 Å². The van der Waals surface area contributed by atoms with Gasteiger partial charge in [-0.3, -0.25) is 32.5 Å². The molecule has 3 aromatic heterocycles. The van der Waals surface area contributed by atoms with Gasteiger partial charge in [0, 0.05) is 6.20 Å². The molecule has 23 nitrogen and oxygen atoms in total. The molecular formula is C19H26N8O15P2. The lowest BCUT2D eigenvalue weighted by Crippen LogP contribution is -2.37. The molecule has 5 rings (SSSR count). The van der Waals surface area contributed by atoms with Gasteiger partial charge in [0.05, 0.1) is 19.5 Å². The molecule has 9 atom stereocenters. The van der Waals surface area contributed by atoms with Gasteiger partial charge in [-0.25, -0.2) is 18.9 Å². The molecule has 2 saturated heterocycles. The highest BCUT2D eigenvalue weighted by Crippen LogP contribution is 2.50. The molecule has 2 aliphatic heterocycles. The summed E-state index contributed by atoms with van der Waals surface area (Å²) >= 11 is 0. The number of phosphoric ester groups is 2. The molecule has 0 bridgehead atoms. The van der Waals surface area contributed by atoms with Crippen molar-refractivity contribution >= 4 is 38.6 Å². The van der Waals surface area contributed by atoms with E-state index in [-0.39, 0.29) is 22.9 Å². The van der Waals surface area contributed by atoms with Gasteiger partial charge in [0.2, 0.25) is 5.95 Å². The maximum absolute atomic E-state index is 12.9. The van der Waals surface area contributed by atoms with Gasteiger partial charge in [0.1, 0.15) is 42.4 Å². The number of fused-ring (bicyclic) bond motifs is 1. The molecule has 44 heavy (non-hydrogen) atoms. The first-order chi connectivity index (χ1) is 20.5. The SMILES string of the molecule is Nc1ccn(C2OC(COP(=O)(O)OC3C(COP(=O)(O)O)OC(n4cnc5c(=O)[nH]c(N)nc54)C3O)C(O)C2O)c(=O)n1. The Morgan fingerprint density at radius 3 is 2.27 bits per heavy atom. The lowest BCUT2D eigenvalue weighted by Gasteiger charge is -2.24. The minimum absolute atomic E-state index is 0.113. The molecule has 5 heterocycles. The van der Waals surface area contributed by atoms with E-state index in [4.69, 9.17) is 39.8 Å². The van der Waals surface area contributed by atoms with Gasteiger partial charge in [-0.05, 0) is 6.07 Å². The molecule has 9 unspecified atom stereocenters. The number of nitrogens with two attached hydrogens (primary N) is 2. The number of phosphoric acid groups is 2. The number of ether oxygens (including phenoxy) is 2. The van der Waals surface area contributed by atoms with Crippen LogP contribution in [0.15, 0.2) is 28.2 Å². The van der Waals surface area contributed by atoms with Crippen LogP contribution in [0.1, 0.15) is 12.5 Å². The van der Waals surface area contributed by atoms with E-state index in [9.17, 15) is 38.9 Å². The zero-order chi connectivity index (χ0) is 32.1. The minimum atomic E-state index is -5.23. The van der Waals surface area contributed by atoms with Gasteiger partial charge >= 0.3 is 21.3 Å². The summed E-state index contributed by atoms with van der Waals surface area (Å²) in [5.74, 6) is -0.432. The number of aromatic nitrogens is 6. The lowest BCUT2D eigenvalue weighted by atomic mass is 10.1. The predicted octanol–water partition coefficient (Wildman–Crippen LogP) is -3.97. The summed E-state index contributed by atoms with van der Waals surface area (Å²) in [4.78, 5) is 66.5. The van der Waals surface area contributed by atoms with Gasteiger partial charge in [0.15, 0.2) is 23.6 Å².